The molecule has 0 aliphatic carbocycles. The molecule has 2 heterocycles. The molecule has 0 saturated heterocycles. The molecule has 0 amide bonds. The number of aryl methyl sites for hydroxylation is 1. The van der Waals surface area contributed by atoms with Crippen molar-refractivity contribution in [1.82, 2.24) is 19.4 Å². The van der Waals surface area contributed by atoms with Gasteiger partial charge in [0.1, 0.15) is 0 Å². The Morgan fingerprint density at radius 3 is 3.00 bits per heavy atom. The van der Waals surface area contributed by atoms with E-state index in [-0.39, 0.29) is 6.04 Å². The van der Waals surface area contributed by atoms with Gasteiger partial charge in [-0.05, 0) is 18.5 Å². The molecule has 14 heavy (non-hydrogen) atoms. The van der Waals surface area contributed by atoms with Crippen LogP contribution in [-0.4, -0.2) is 19.4 Å². The zero-order valence-electron chi connectivity index (χ0n) is 7.79. The predicted molar refractivity (Wildman–Crippen MR) is 53.8 cm³/mol. The minimum absolute atomic E-state index is 0.157. The highest BCUT2D eigenvalue weighted by molar-refractivity contribution is 7.05. The topological polar surface area (TPSA) is 69.6 Å². The van der Waals surface area contributed by atoms with Gasteiger partial charge in [-0.3, -0.25) is 4.68 Å². The summed E-state index contributed by atoms with van der Waals surface area (Å²) in [5.74, 6) is 0. The molecular formula is C8H11N5S. The maximum atomic E-state index is 6.01. The van der Waals surface area contributed by atoms with E-state index in [4.69, 9.17) is 5.73 Å². The Hall–Kier alpha value is -1.27. The van der Waals surface area contributed by atoms with E-state index in [1.54, 1.807) is 12.4 Å². The van der Waals surface area contributed by atoms with Crippen LogP contribution in [0, 0.1) is 0 Å². The monoisotopic (exact) mass is 209 g/mol. The third kappa shape index (κ3) is 1.66. The molecule has 74 valence electrons. The lowest BCUT2D eigenvalue weighted by molar-refractivity contribution is 0.658. The van der Waals surface area contributed by atoms with Crippen molar-refractivity contribution in [3.8, 4) is 0 Å². The fourth-order valence-corrected chi connectivity index (χ4v) is 1.72. The van der Waals surface area contributed by atoms with Crippen molar-refractivity contribution in [3.05, 3.63) is 29.0 Å². The summed E-state index contributed by atoms with van der Waals surface area (Å²) in [5, 5.41) is 7.92. The number of hydrogen-bond donors (Lipinski definition) is 1. The smallest absolute Gasteiger partial charge is 0.0709 e. The maximum absolute atomic E-state index is 6.01. The average Bonchev–Trinajstić information content (AvgIpc) is 2.88. The summed E-state index contributed by atoms with van der Waals surface area (Å²) >= 11 is 1.32. The second kappa shape index (κ2) is 3.85. The van der Waals surface area contributed by atoms with Crippen molar-refractivity contribution >= 4 is 11.5 Å². The molecule has 0 spiro atoms. The predicted octanol–water partition coefficient (Wildman–Crippen LogP) is 0.803. The van der Waals surface area contributed by atoms with Crippen LogP contribution in [0.3, 0.4) is 0 Å². The molecule has 5 nitrogen and oxygen atoms in total. The van der Waals surface area contributed by atoms with Crippen LogP contribution in [0.15, 0.2) is 18.6 Å². The van der Waals surface area contributed by atoms with Crippen LogP contribution >= 0.6 is 11.5 Å². The van der Waals surface area contributed by atoms with Crippen LogP contribution in [0.1, 0.15) is 23.4 Å². The summed E-state index contributed by atoms with van der Waals surface area (Å²) in [7, 11) is 0. The molecule has 2 rings (SSSR count). The molecule has 0 aliphatic rings. The second-order valence-corrected chi connectivity index (χ2v) is 3.74. The van der Waals surface area contributed by atoms with Crippen molar-refractivity contribution in [2.24, 2.45) is 5.73 Å². The summed E-state index contributed by atoms with van der Waals surface area (Å²) in [6.07, 6.45) is 5.43. The first-order valence-corrected chi connectivity index (χ1v) is 5.13. The Bertz CT molecular complexity index is 394. The lowest BCUT2D eigenvalue weighted by Gasteiger charge is -2.03. The van der Waals surface area contributed by atoms with Gasteiger partial charge in [0.05, 0.1) is 23.3 Å². The number of hydrogen-bond acceptors (Lipinski definition) is 5. The number of nitrogens with two attached hydrogens (primary N) is 1. The molecule has 1 atom stereocenters. The molecule has 0 aliphatic heterocycles. The first-order valence-electron chi connectivity index (χ1n) is 4.36. The van der Waals surface area contributed by atoms with Gasteiger partial charge >= 0.3 is 0 Å². The second-order valence-electron chi connectivity index (χ2n) is 2.93. The molecule has 2 aromatic rings. The molecule has 1 unspecified atom stereocenters. The summed E-state index contributed by atoms with van der Waals surface area (Å²) in [6, 6.07) is -0.157. The zero-order valence-corrected chi connectivity index (χ0v) is 8.61. The van der Waals surface area contributed by atoms with E-state index in [2.05, 4.69) is 14.7 Å². The van der Waals surface area contributed by atoms with Gasteiger partial charge in [-0.15, -0.1) is 5.10 Å². The third-order valence-corrected chi connectivity index (χ3v) is 2.77. The van der Waals surface area contributed by atoms with Crippen molar-refractivity contribution in [2.75, 3.05) is 0 Å². The largest absolute Gasteiger partial charge is 0.319 e. The van der Waals surface area contributed by atoms with Gasteiger partial charge in [-0.1, -0.05) is 4.49 Å². The molecule has 2 N–H and O–H groups in total. The van der Waals surface area contributed by atoms with Crippen molar-refractivity contribution in [3.63, 3.8) is 0 Å². The Morgan fingerprint density at radius 2 is 2.43 bits per heavy atom. The van der Waals surface area contributed by atoms with E-state index in [0.29, 0.717) is 0 Å². The fourth-order valence-electron chi connectivity index (χ4n) is 1.19. The molecule has 0 radical (unpaired) electrons. The number of rotatable bonds is 3. The van der Waals surface area contributed by atoms with Crippen molar-refractivity contribution in [1.29, 1.82) is 0 Å². The van der Waals surface area contributed by atoms with Crippen LogP contribution in [-0.2, 0) is 6.54 Å². The minimum atomic E-state index is -0.157. The minimum Gasteiger partial charge on any atom is -0.319 e. The highest BCUT2D eigenvalue weighted by atomic mass is 32.1. The third-order valence-electron chi connectivity index (χ3n) is 2.02. The van der Waals surface area contributed by atoms with Crippen LogP contribution in [0.25, 0.3) is 0 Å². The SMILES string of the molecule is CCn1cc(C(N)c2cnns2)cn1. The normalized spacial score (nSPS) is 13.0. The van der Waals surface area contributed by atoms with Crippen molar-refractivity contribution < 1.29 is 0 Å². The molecular weight excluding hydrogens is 198 g/mol. The standard InChI is InChI=1S/C8H11N5S/c1-2-13-5-6(3-11-13)8(9)7-4-10-12-14-7/h3-5,8H,2,9H2,1H3. The molecule has 0 bridgehead atoms. The van der Waals surface area contributed by atoms with Gasteiger partial charge < -0.3 is 5.73 Å². The molecule has 6 heteroatoms. The number of aromatic nitrogens is 4. The highest BCUT2D eigenvalue weighted by Crippen LogP contribution is 2.20. The Morgan fingerprint density at radius 1 is 1.57 bits per heavy atom. The lowest BCUT2D eigenvalue weighted by Crippen LogP contribution is -2.09. The maximum Gasteiger partial charge on any atom is 0.0709 e. The van der Waals surface area contributed by atoms with Crippen LogP contribution in [0.4, 0.5) is 0 Å². The van der Waals surface area contributed by atoms with E-state index >= 15 is 0 Å². The molecule has 0 saturated carbocycles. The van der Waals surface area contributed by atoms with E-state index in [1.807, 2.05) is 17.8 Å². The van der Waals surface area contributed by atoms with Crippen LogP contribution in [0.5, 0.6) is 0 Å². The fraction of sp³-hybridized carbons (Fsp3) is 0.375. The molecule has 0 fully saturated rings. The van der Waals surface area contributed by atoms with Gasteiger partial charge in [0.15, 0.2) is 0 Å². The first kappa shape index (κ1) is 9.29. The first-order chi connectivity index (χ1) is 6.81. The van der Waals surface area contributed by atoms with Gasteiger partial charge in [0.25, 0.3) is 0 Å². The van der Waals surface area contributed by atoms with Crippen LogP contribution < -0.4 is 5.73 Å². The summed E-state index contributed by atoms with van der Waals surface area (Å²) in [6.45, 7) is 2.89. The van der Waals surface area contributed by atoms with E-state index < -0.39 is 0 Å². The molecule has 0 aromatic carbocycles. The van der Waals surface area contributed by atoms with E-state index in [1.165, 1.54) is 11.5 Å². The summed E-state index contributed by atoms with van der Waals surface area (Å²) in [4.78, 5) is 0.959. The summed E-state index contributed by atoms with van der Waals surface area (Å²) < 4.78 is 5.63. The Balaban J connectivity index is 2.23. The zero-order chi connectivity index (χ0) is 9.97. The van der Waals surface area contributed by atoms with E-state index in [0.717, 1.165) is 17.0 Å². The number of nitrogens with zero attached hydrogens (tertiary/aromatic N) is 4. The lowest BCUT2D eigenvalue weighted by atomic mass is 10.1. The summed E-state index contributed by atoms with van der Waals surface area (Å²) in [5.41, 5.74) is 7.00. The quantitative estimate of drug-likeness (QED) is 0.811. The van der Waals surface area contributed by atoms with Crippen LogP contribution in [0.2, 0.25) is 0 Å². The van der Waals surface area contributed by atoms with Gasteiger partial charge in [-0.2, -0.15) is 5.10 Å². The van der Waals surface area contributed by atoms with E-state index in [9.17, 15) is 0 Å². The highest BCUT2D eigenvalue weighted by Gasteiger charge is 2.12. The Labute approximate surface area is 85.7 Å². The Kier molecular flexibility index (Phi) is 2.55. The van der Waals surface area contributed by atoms with Gasteiger partial charge in [-0.25, -0.2) is 0 Å². The molecule has 2 aromatic heterocycles. The average molecular weight is 209 g/mol. The van der Waals surface area contributed by atoms with Gasteiger partial charge in [0.2, 0.25) is 0 Å². The van der Waals surface area contributed by atoms with Crippen molar-refractivity contribution in [2.45, 2.75) is 19.5 Å². The van der Waals surface area contributed by atoms with Gasteiger partial charge in [0, 0.05) is 18.3 Å².